The largest absolute Gasteiger partial charge is 0.491 e. The fourth-order valence-corrected chi connectivity index (χ4v) is 3.74. The van der Waals surface area contributed by atoms with Crippen LogP contribution < -0.4 is 4.74 Å². The third kappa shape index (κ3) is 26.8. The average molecular weight is 587 g/mol. The molecule has 10 nitrogen and oxygen atoms in total. The summed E-state index contributed by atoms with van der Waals surface area (Å²) in [5.74, 6) is -0.109. The molecule has 0 spiro atoms. The van der Waals surface area contributed by atoms with Crippen LogP contribution in [0.5, 0.6) is 5.75 Å². The minimum absolute atomic E-state index is 0.249. The lowest BCUT2D eigenvalue weighted by Gasteiger charge is -2.09. The van der Waals surface area contributed by atoms with Crippen LogP contribution in [0, 0.1) is 0 Å². The Morgan fingerprint density at radius 1 is 0.537 bits per heavy atom. The van der Waals surface area contributed by atoms with Gasteiger partial charge in [0.1, 0.15) is 19.0 Å². The van der Waals surface area contributed by atoms with Gasteiger partial charge in [-0.05, 0) is 30.5 Å². The second kappa shape index (κ2) is 29.7. The van der Waals surface area contributed by atoms with Crippen LogP contribution in [-0.4, -0.2) is 110 Å². The Bertz CT molecular complexity index is 686. The standard InChI is InChI=1S/C31H54O10/c1-2-3-4-5-6-7-8-9-29-10-12-30(13-11-29)41-27-26-39-23-22-37-19-18-35-15-14-34-16-17-36-20-21-38-24-25-40-28-31(32)33/h10-13H,2-9,14-28H2,1H3,(H,32,33). The van der Waals surface area contributed by atoms with E-state index in [9.17, 15) is 4.79 Å². The summed E-state index contributed by atoms with van der Waals surface area (Å²) in [5, 5.41) is 8.42. The monoisotopic (exact) mass is 586 g/mol. The highest BCUT2D eigenvalue weighted by molar-refractivity contribution is 5.67. The van der Waals surface area contributed by atoms with E-state index < -0.39 is 5.97 Å². The lowest BCUT2D eigenvalue weighted by molar-refractivity contribution is -0.142. The van der Waals surface area contributed by atoms with E-state index in [1.165, 1.54) is 50.5 Å². The van der Waals surface area contributed by atoms with Gasteiger partial charge in [0.2, 0.25) is 0 Å². The van der Waals surface area contributed by atoms with Crippen LogP contribution in [0.1, 0.15) is 57.4 Å². The topological polar surface area (TPSA) is 111 Å². The first-order chi connectivity index (χ1) is 20.2. The molecule has 41 heavy (non-hydrogen) atoms. The lowest BCUT2D eigenvalue weighted by atomic mass is 10.0. The van der Waals surface area contributed by atoms with Gasteiger partial charge < -0.3 is 43.0 Å². The molecule has 238 valence electrons. The van der Waals surface area contributed by atoms with Crippen molar-refractivity contribution in [1.82, 2.24) is 0 Å². The van der Waals surface area contributed by atoms with E-state index in [0.717, 1.165) is 12.2 Å². The smallest absolute Gasteiger partial charge is 0.329 e. The molecule has 0 fully saturated rings. The molecule has 0 aliphatic heterocycles. The highest BCUT2D eigenvalue weighted by Gasteiger charge is 1.99. The predicted octanol–water partition coefficient (Wildman–Crippen LogP) is 4.56. The average Bonchev–Trinajstić information content (AvgIpc) is 2.97. The van der Waals surface area contributed by atoms with E-state index in [-0.39, 0.29) is 13.2 Å². The summed E-state index contributed by atoms with van der Waals surface area (Å²) >= 11 is 0. The molecule has 0 atom stereocenters. The number of carboxylic acid groups (broad SMARTS) is 1. The molecule has 0 aromatic heterocycles. The molecule has 0 aliphatic carbocycles. The maximum Gasteiger partial charge on any atom is 0.329 e. The Kier molecular flexibility index (Phi) is 27.0. The Labute approximate surface area is 246 Å². The minimum atomic E-state index is -0.990. The van der Waals surface area contributed by atoms with Crippen LogP contribution in [0.25, 0.3) is 0 Å². The highest BCUT2D eigenvalue weighted by Crippen LogP contribution is 2.15. The summed E-state index contributed by atoms with van der Waals surface area (Å²) in [5.41, 5.74) is 1.38. The number of rotatable bonds is 32. The minimum Gasteiger partial charge on any atom is -0.491 e. The molecule has 0 saturated carbocycles. The second-order valence-corrected chi connectivity index (χ2v) is 9.48. The zero-order valence-corrected chi connectivity index (χ0v) is 25.2. The quantitative estimate of drug-likeness (QED) is 0.121. The van der Waals surface area contributed by atoms with Crippen LogP contribution >= 0.6 is 0 Å². The van der Waals surface area contributed by atoms with Crippen molar-refractivity contribution in [3.8, 4) is 5.75 Å². The lowest BCUT2D eigenvalue weighted by Crippen LogP contribution is -2.15. The van der Waals surface area contributed by atoms with Gasteiger partial charge in [0.05, 0.1) is 85.9 Å². The van der Waals surface area contributed by atoms with E-state index in [2.05, 4.69) is 19.1 Å². The van der Waals surface area contributed by atoms with Crippen molar-refractivity contribution in [2.45, 2.75) is 58.3 Å². The second-order valence-electron chi connectivity index (χ2n) is 9.48. The number of ether oxygens (including phenoxy) is 8. The van der Waals surface area contributed by atoms with E-state index >= 15 is 0 Å². The molecule has 1 rings (SSSR count). The first-order valence-corrected chi connectivity index (χ1v) is 15.2. The number of hydrogen-bond acceptors (Lipinski definition) is 9. The summed E-state index contributed by atoms with van der Waals surface area (Å²) in [4.78, 5) is 10.3. The number of aliphatic carboxylic acids is 1. The fourth-order valence-electron chi connectivity index (χ4n) is 3.74. The van der Waals surface area contributed by atoms with Crippen LogP contribution in [0.4, 0.5) is 0 Å². The summed E-state index contributed by atoms with van der Waals surface area (Å²) in [7, 11) is 0. The number of unbranched alkanes of at least 4 members (excludes halogenated alkanes) is 6. The van der Waals surface area contributed by atoms with Crippen LogP contribution in [0.2, 0.25) is 0 Å². The van der Waals surface area contributed by atoms with E-state index in [0.29, 0.717) is 85.9 Å². The van der Waals surface area contributed by atoms with Gasteiger partial charge in [0.15, 0.2) is 0 Å². The Morgan fingerprint density at radius 2 is 0.927 bits per heavy atom. The van der Waals surface area contributed by atoms with E-state index in [1.54, 1.807) is 0 Å². The third-order valence-electron chi connectivity index (χ3n) is 5.95. The first kappa shape index (κ1) is 37.2. The van der Waals surface area contributed by atoms with Gasteiger partial charge in [0.25, 0.3) is 0 Å². The Hall–Kier alpha value is -1.79. The Morgan fingerprint density at radius 3 is 1.37 bits per heavy atom. The van der Waals surface area contributed by atoms with Gasteiger partial charge in [-0.2, -0.15) is 0 Å². The maximum absolute atomic E-state index is 10.3. The van der Waals surface area contributed by atoms with Crippen LogP contribution in [0.15, 0.2) is 24.3 Å². The highest BCUT2D eigenvalue weighted by atomic mass is 16.6. The van der Waals surface area contributed by atoms with Crippen LogP contribution in [0.3, 0.4) is 0 Å². The van der Waals surface area contributed by atoms with E-state index in [1.807, 2.05) is 12.1 Å². The molecule has 1 aromatic rings. The van der Waals surface area contributed by atoms with Crippen molar-refractivity contribution in [3.63, 3.8) is 0 Å². The Balaban J connectivity index is 1.76. The van der Waals surface area contributed by atoms with Gasteiger partial charge in [0, 0.05) is 0 Å². The van der Waals surface area contributed by atoms with Crippen molar-refractivity contribution < 1.29 is 47.8 Å². The van der Waals surface area contributed by atoms with Crippen molar-refractivity contribution in [1.29, 1.82) is 0 Å². The van der Waals surface area contributed by atoms with Gasteiger partial charge in [-0.25, -0.2) is 4.79 Å². The molecule has 0 unspecified atom stereocenters. The van der Waals surface area contributed by atoms with Crippen molar-refractivity contribution >= 4 is 5.97 Å². The molecule has 1 aromatic carbocycles. The molecule has 10 heteroatoms. The number of benzene rings is 1. The number of aryl methyl sites for hydroxylation is 1. The predicted molar refractivity (Wildman–Crippen MR) is 157 cm³/mol. The summed E-state index contributed by atoms with van der Waals surface area (Å²) in [6.45, 7) is 8.44. The summed E-state index contributed by atoms with van der Waals surface area (Å²) < 4.78 is 43.2. The SMILES string of the molecule is CCCCCCCCCc1ccc(OCCOCCOCCOCCOCCOCCOCCOCC(=O)O)cc1. The molecule has 0 amide bonds. The summed E-state index contributed by atoms with van der Waals surface area (Å²) in [6.07, 6.45) is 10.5. The van der Waals surface area contributed by atoms with Crippen molar-refractivity contribution in [2.24, 2.45) is 0 Å². The van der Waals surface area contributed by atoms with Crippen molar-refractivity contribution in [3.05, 3.63) is 29.8 Å². The van der Waals surface area contributed by atoms with Gasteiger partial charge in [-0.1, -0.05) is 57.6 Å². The number of carboxylic acids is 1. The first-order valence-electron chi connectivity index (χ1n) is 15.2. The van der Waals surface area contributed by atoms with Gasteiger partial charge >= 0.3 is 5.97 Å². The fraction of sp³-hybridized carbons (Fsp3) is 0.774. The molecule has 0 heterocycles. The zero-order chi connectivity index (χ0) is 29.5. The third-order valence-corrected chi connectivity index (χ3v) is 5.95. The van der Waals surface area contributed by atoms with Crippen molar-refractivity contribution in [2.75, 3.05) is 99.1 Å². The summed E-state index contributed by atoms with van der Waals surface area (Å²) in [6, 6.07) is 8.42. The molecule has 0 aliphatic rings. The number of hydrogen-bond donors (Lipinski definition) is 1. The molecule has 0 radical (unpaired) electrons. The van der Waals surface area contributed by atoms with Gasteiger partial charge in [-0.3, -0.25) is 0 Å². The normalized spacial score (nSPS) is 11.2. The molecular formula is C31H54O10. The van der Waals surface area contributed by atoms with Crippen LogP contribution in [-0.2, 0) is 44.4 Å². The zero-order valence-electron chi connectivity index (χ0n) is 25.2. The molecule has 0 saturated heterocycles. The molecule has 0 bridgehead atoms. The van der Waals surface area contributed by atoms with Gasteiger partial charge in [-0.15, -0.1) is 0 Å². The molecular weight excluding hydrogens is 532 g/mol. The number of carbonyl (C=O) groups is 1. The molecule has 1 N–H and O–H groups in total. The maximum atomic E-state index is 10.3. The van der Waals surface area contributed by atoms with E-state index in [4.69, 9.17) is 43.0 Å².